The number of hydrogen-bond donors (Lipinski definition) is 2. The van der Waals surface area contributed by atoms with Gasteiger partial charge in [0.1, 0.15) is 5.60 Å². The van der Waals surface area contributed by atoms with Crippen molar-refractivity contribution in [1.82, 2.24) is 15.5 Å². The lowest BCUT2D eigenvalue weighted by Gasteiger charge is -2.34. The summed E-state index contributed by atoms with van der Waals surface area (Å²) in [6.45, 7) is 9.25. The van der Waals surface area contributed by atoms with Crippen molar-refractivity contribution in [2.75, 3.05) is 33.2 Å². The minimum atomic E-state index is -0.425. The standard InChI is InChI=1S/C18H34N4O2/c1-18(2,3)24-17(23)22-11-5-6-15(13-22)9-10-20-16(19-4)21-12-14-7-8-14/h14-15H,5-13H2,1-4H3,(H2,19,20,21). The highest BCUT2D eigenvalue weighted by atomic mass is 16.6. The van der Waals surface area contributed by atoms with Crippen LogP contribution in [0.2, 0.25) is 0 Å². The molecule has 1 heterocycles. The Morgan fingerprint density at radius 2 is 1.96 bits per heavy atom. The molecule has 1 unspecified atom stereocenters. The van der Waals surface area contributed by atoms with Crippen molar-refractivity contribution < 1.29 is 9.53 Å². The van der Waals surface area contributed by atoms with Gasteiger partial charge in [-0.25, -0.2) is 4.79 Å². The molecule has 1 aliphatic carbocycles. The van der Waals surface area contributed by atoms with Crippen LogP contribution in [0.25, 0.3) is 0 Å². The average molecular weight is 338 g/mol. The van der Waals surface area contributed by atoms with Gasteiger partial charge in [0.15, 0.2) is 5.96 Å². The summed E-state index contributed by atoms with van der Waals surface area (Å²) in [5, 5.41) is 6.76. The number of carbonyl (C=O) groups excluding carboxylic acids is 1. The maximum Gasteiger partial charge on any atom is 0.410 e. The first-order valence-electron chi connectivity index (χ1n) is 9.30. The van der Waals surface area contributed by atoms with Crippen molar-refractivity contribution in [2.24, 2.45) is 16.8 Å². The van der Waals surface area contributed by atoms with Gasteiger partial charge in [-0.2, -0.15) is 0 Å². The Kier molecular flexibility index (Phi) is 6.75. The normalized spacial score (nSPS) is 22.2. The summed E-state index contributed by atoms with van der Waals surface area (Å²) in [6.07, 6.45) is 5.78. The zero-order valence-electron chi connectivity index (χ0n) is 15.7. The predicted molar refractivity (Wildman–Crippen MR) is 97.2 cm³/mol. The molecule has 0 aromatic rings. The summed E-state index contributed by atoms with van der Waals surface area (Å²) in [5.74, 6) is 2.26. The summed E-state index contributed by atoms with van der Waals surface area (Å²) >= 11 is 0. The van der Waals surface area contributed by atoms with Crippen molar-refractivity contribution >= 4 is 12.1 Å². The topological polar surface area (TPSA) is 66.0 Å². The molecule has 1 atom stereocenters. The van der Waals surface area contributed by atoms with Crippen LogP contribution in [0.4, 0.5) is 4.79 Å². The summed E-state index contributed by atoms with van der Waals surface area (Å²) in [6, 6.07) is 0. The second-order valence-corrected chi connectivity index (χ2v) is 8.05. The number of hydrogen-bond acceptors (Lipinski definition) is 3. The van der Waals surface area contributed by atoms with Crippen molar-refractivity contribution in [3.63, 3.8) is 0 Å². The maximum atomic E-state index is 12.2. The van der Waals surface area contributed by atoms with Crippen LogP contribution in [-0.2, 0) is 4.74 Å². The number of carbonyl (C=O) groups is 1. The van der Waals surface area contributed by atoms with Crippen LogP contribution in [0.3, 0.4) is 0 Å². The van der Waals surface area contributed by atoms with Gasteiger partial charge in [-0.3, -0.25) is 4.99 Å². The summed E-state index contributed by atoms with van der Waals surface area (Å²) in [7, 11) is 1.81. The molecule has 0 aromatic heterocycles. The molecule has 6 nitrogen and oxygen atoms in total. The molecule has 0 bridgehead atoms. The number of piperidine rings is 1. The van der Waals surface area contributed by atoms with Crippen LogP contribution in [-0.4, -0.2) is 55.8 Å². The fourth-order valence-corrected chi connectivity index (χ4v) is 2.97. The summed E-state index contributed by atoms with van der Waals surface area (Å²) in [5.41, 5.74) is -0.425. The molecular weight excluding hydrogens is 304 g/mol. The first-order valence-corrected chi connectivity index (χ1v) is 9.30. The number of rotatable bonds is 5. The van der Waals surface area contributed by atoms with Crippen LogP contribution in [0, 0.1) is 11.8 Å². The number of ether oxygens (including phenoxy) is 1. The third kappa shape index (κ3) is 6.97. The molecule has 138 valence electrons. The van der Waals surface area contributed by atoms with Crippen LogP contribution in [0.1, 0.15) is 52.9 Å². The number of nitrogens with zero attached hydrogens (tertiary/aromatic N) is 2. The summed E-state index contributed by atoms with van der Waals surface area (Å²) < 4.78 is 5.49. The maximum absolute atomic E-state index is 12.2. The van der Waals surface area contributed by atoms with Crippen LogP contribution >= 0.6 is 0 Å². The molecule has 0 aromatic carbocycles. The first-order chi connectivity index (χ1) is 11.4. The number of aliphatic imine (C=N–C) groups is 1. The predicted octanol–water partition coefficient (Wildman–Crippen LogP) is 2.60. The molecule has 2 N–H and O–H groups in total. The lowest BCUT2D eigenvalue weighted by molar-refractivity contribution is 0.0162. The number of guanidine groups is 1. The van der Waals surface area contributed by atoms with Gasteiger partial charge in [-0.05, 0) is 64.7 Å². The lowest BCUT2D eigenvalue weighted by Crippen LogP contribution is -2.44. The smallest absolute Gasteiger partial charge is 0.410 e. The van der Waals surface area contributed by atoms with Gasteiger partial charge >= 0.3 is 6.09 Å². The highest BCUT2D eigenvalue weighted by Gasteiger charge is 2.27. The van der Waals surface area contributed by atoms with E-state index in [0.717, 1.165) is 50.9 Å². The number of nitrogens with one attached hydrogen (secondary N) is 2. The molecule has 1 saturated heterocycles. The highest BCUT2D eigenvalue weighted by molar-refractivity contribution is 5.79. The molecule has 0 radical (unpaired) electrons. The van der Waals surface area contributed by atoms with Crippen LogP contribution in [0.15, 0.2) is 4.99 Å². The van der Waals surface area contributed by atoms with E-state index in [4.69, 9.17) is 4.74 Å². The Hall–Kier alpha value is -1.46. The van der Waals surface area contributed by atoms with Crippen molar-refractivity contribution in [3.05, 3.63) is 0 Å². The Morgan fingerprint density at radius 3 is 2.58 bits per heavy atom. The van der Waals surface area contributed by atoms with E-state index < -0.39 is 5.60 Å². The summed E-state index contributed by atoms with van der Waals surface area (Å²) in [4.78, 5) is 18.3. The molecule has 2 fully saturated rings. The van der Waals surface area contributed by atoms with Gasteiger partial charge in [0.05, 0.1) is 0 Å². The fourth-order valence-electron chi connectivity index (χ4n) is 2.97. The van der Waals surface area contributed by atoms with Crippen molar-refractivity contribution in [2.45, 2.75) is 58.5 Å². The quantitative estimate of drug-likeness (QED) is 0.597. The van der Waals surface area contributed by atoms with Gasteiger partial charge in [-0.1, -0.05) is 0 Å². The van der Waals surface area contributed by atoms with Crippen molar-refractivity contribution in [1.29, 1.82) is 0 Å². The Labute approximate surface area is 146 Å². The monoisotopic (exact) mass is 338 g/mol. The number of amides is 1. The van der Waals surface area contributed by atoms with Gasteiger partial charge in [0.2, 0.25) is 0 Å². The first kappa shape index (κ1) is 18.9. The van der Waals surface area contributed by atoms with E-state index in [1.54, 1.807) is 0 Å². The molecule has 2 aliphatic rings. The van der Waals surface area contributed by atoms with E-state index in [-0.39, 0.29) is 6.09 Å². The largest absolute Gasteiger partial charge is 0.444 e. The van der Waals surface area contributed by atoms with E-state index in [1.165, 1.54) is 19.3 Å². The van der Waals surface area contributed by atoms with Crippen LogP contribution < -0.4 is 10.6 Å². The minimum Gasteiger partial charge on any atom is -0.444 e. The Balaban J connectivity index is 1.67. The van der Waals surface area contributed by atoms with E-state index in [0.29, 0.717) is 5.92 Å². The molecule has 2 rings (SSSR count). The Bertz CT molecular complexity index is 441. The SMILES string of the molecule is CN=C(NCCC1CCCN(C(=O)OC(C)(C)C)C1)NCC1CC1. The highest BCUT2D eigenvalue weighted by Crippen LogP contribution is 2.27. The minimum absolute atomic E-state index is 0.179. The van der Waals surface area contributed by atoms with E-state index >= 15 is 0 Å². The van der Waals surface area contributed by atoms with Gasteiger partial charge in [0.25, 0.3) is 0 Å². The lowest BCUT2D eigenvalue weighted by atomic mass is 9.95. The molecule has 1 aliphatic heterocycles. The average Bonchev–Trinajstić information content (AvgIpc) is 3.33. The van der Waals surface area contributed by atoms with E-state index in [2.05, 4.69) is 15.6 Å². The van der Waals surface area contributed by atoms with Crippen LogP contribution in [0.5, 0.6) is 0 Å². The van der Waals surface area contributed by atoms with Crippen molar-refractivity contribution in [3.8, 4) is 0 Å². The van der Waals surface area contributed by atoms with E-state index in [1.807, 2.05) is 32.7 Å². The van der Waals surface area contributed by atoms with E-state index in [9.17, 15) is 4.79 Å². The molecule has 0 spiro atoms. The molecular formula is C18H34N4O2. The second kappa shape index (κ2) is 8.58. The zero-order valence-corrected chi connectivity index (χ0v) is 15.7. The molecule has 1 amide bonds. The molecule has 24 heavy (non-hydrogen) atoms. The molecule has 1 saturated carbocycles. The zero-order chi connectivity index (χ0) is 17.6. The fraction of sp³-hybridized carbons (Fsp3) is 0.889. The van der Waals surface area contributed by atoms with Gasteiger partial charge in [-0.15, -0.1) is 0 Å². The second-order valence-electron chi connectivity index (χ2n) is 8.05. The third-order valence-corrected chi connectivity index (χ3v) is 4.49. The third-order valence-electron chi connectivity index (χ3n) is 4.49. The van der Waals surface area contributed by atoms with Gasteiger partial charge < -0.3 is 20.3 Å². The number of likely N-dealkylation sites (tertiary alicyclic amines) is 1. The van der Waals surface area contributed by atoms with Gasteiger partial charge in [0, 0.05) is 33.2 Å². The Morgan fingerprint density at radius 1 is 1.21 bits per heavy atom. The molecule has 6 heteroatoms.